The van der Waals surface area contributed by atoms with Crippen LogP contribution in [-0.2, 0) is 28.5 Å². The molecule has 0 aliphatic rings. The van der Waals surface area contributed by atoms with Crippen molar-refractivity contribution in [3.63, 3.8) is 0 Å². The van der Waals surface area contributed by atoms with Crippen LogP contribution in [0.1, 0.15) is 73.3 Å². The number of esters is 2. The van der Waals surface area contributed by atoms with Gasteiger partial charge in [0.05, 0.1) is 0 Å². The summed E-state index contributed by atoms with van der Waals surface area (Å²) in [5.74, 6) is -1.09. The first-order valence-electron chi connectivity index (χ1n) is 4.76. The smallest absolute Gasteiger partial charge is 0.335 e. The molecule has 6 heteroatoms. The Morgan fingerprint density at radius 3 is 1.04 bits per heavy atom. The molecule has 0 N–H and O–H groups in total. The molecule has 0 rings (SSSR count). The normalized spacial score (nSPS) is 6.48. The van der Waals surface area contributed by atoms with Crippen LogP contribution in [0.2, 0.25) is 0 Å². The molecule has 6 nitrogen and oxygen atoms in total. The van der Waals surface area contributed by atoms with Gasteiger partial charge in [-0.25, -0.2) is 9.59 Å². The van der Waals surface area contributed by atoms with Gasteiger partial charge in [0.15, 0.2) is 20.4 Å². The van der Waals surface area contributed by atoms with E-state index in [9.17, 15) is 9.59 Å². The lowest BCUT2D eigenvalue weighted by Gasteiger charge is -2.07. The molecular formula is C19H48O6. The van der Waals surface area contributed by atoms with Crippen LogP contribution >= 0.6 is 0 Å². The molecule has 0 saturated heterocycles. The molecule has 160 valence electrons. The molecule has 0 unspecified atom stereocenters. The van der Waals surface area contributed by atoms with Gasteiger partial charge in [-0.05, 0) is 13.8 Å². The third-order valence-electron chi connectivity index (χ3n) is 1.41. The van der Waals surface area contributed by atoms with Crippen LogP contribution in [-0.4, -0.2) is 32.3 Å². The Kier molecular flexibility index (Phi) is 76.7. The predicted octanol–water partition coefficient (Wildman–Crippen LogP) is 6.22. The quantitative estimate of drug-likeness (QED) is 0.218. The highest BCUT2D eigenvalue weighted by Crippen LogP contribution is 1.94. The molecule has 0 saturated carbocycles. The van der Waals surface area contributed by atoms with Gasteiger partial charge in [-0.1, -0.05) is 72.6 Å². The van der Waals surface area contributed by atoms with E-state index >= 15 is 0 Å². The number of carbonyl (C=O) groups is 2. The van der Waals surface area contributed by atoms with Gasteiger partial charge in [0.1, 0.15) is 0 Å². The zero-order chi connectivity index (χ0) is 13.3. The maximum absolute atomic E-state index is 10.9. The molecule has 0 aliphatic carbocycles. The van der Waals surface area contributed by atoms with Crippen LogP contribution < -0.4 is 0 Å². The van der Waals surface area contributed by atoms with E-state index in [0.717, 1.165) is 0 Å². The van der Waals surface area contributed by atoms with Crippen molar-refractivity contribution >= 4 is 11.9 Å². The van der Waals surface area contributed by atoms with E-state index in [1.807, 2.05) is 0 Å². The lowest BCUT2D eigenvalue weighted by Crippen LogP contribution is -2.13. The number of rotatable bonds is 8. The molecule has 0 aromatic carbocycles. The number of hydrogen-bond acceptors (Lipinski definition) is 6. The summed E-state index contributed by atoms with van der Waals surface area (Å²) < 4.78 is 18.8. The molecule has 0 aromatic rings. The van der Waals surface area contributed by atoms with Crippen molar-refractivity contribution in [2.45, 2.75) is 73.3 Å². The van der Waals surface area contributed by atoms with Crippen LogP contribution in [0, 0.1) is 0 Å². The van der Waals surface area contributed by atoms with E-state index in [4.69, 9.17) is 9.47 Å². The fourth-order valence-electron chi connectivity index (χ4n) is 0.564. The van der Waals surface area contributed by atoms with Crippen LogP contribution in [0.25, 0.3) is 0 Å². The Balaban J connectivity index is -0.0000000457. The molecule has 25 heavy (non-hydrogen) atoms. The van der Waals surface area contributed by atoms with Gasteiger partial charge in [-0.15, -0.1) is 0 Å². The van der Waals surface area contributed by atoms with Crippen molar-refractivity contribution in [3.05, 3.63) is 24.3 Å². The van der Waals surface area contributed by atoms with E-state index in [1.165, 1.54) is 13.8 Å². The summed E-state index contributed by atoms with van der Waals surface area (Å²) in [5.41, 5.74) is 0.565. The molecule has 0 amide bonds. The van der Waals surface area contributed by atoms with E-state index in [-0.39, 0.29) is 90.9 Å². The summed E-state index contributed by atoms with van der Waals surface area (Å²) in [5, 5.41) is 0. The second-order valence-corrected chi connectivity index (χ2v) is 3.19. The first-order chi connectivity index (χ1) is 7.95. The Labute approximate surface area is 159 Å². The van der Waals surface area contributed by atoms with Crippen molar-refractivity contribution in [2.24, 2.45) is 0 Å². The molecule has 0 fully saturated rings. The first-order valence-corrected chi connectivity index (χ1v) is 4.76. The minimum absolute atomic E-state index is 0. The Morgan fingerprint density at radius 2 is 0.840 bits per heavy atom. The minimum atomic E-state index is -0.543. The standard InChI is InChI=1S/C11H16O6.8CH4/c1-8(2)10(12)16-6-14-5-15-7-17-11(13)9(3)4;;;;;;;;/h1,3,5-7H2,2,4H3;8*1H4. The van der Waals surface area contributed by atoms with Gasteiger partial charge >= 0.3 is 11.9 Å². The van der Waals surface area contributed by atoms with Crippen molar-refractivity contribution in [1.29, 1.82) is 0 Å². The highest BCUT2D eigenvalue weighted by molar-refractivity contribution is 5.87. The van der Waals surface area contributed by atoms with Gasteiger partial charge in [0, 0.05) is 11.1 Å². The van der Waals surface area contributed by atoms with Crippen molar-refractivity contribution in [1.82, 2.24) is 0 Å². The van der Waals surface area contributed by atoms with Crippen LogP contribution in [0.5, 0.6) is 0 Å². The topological polar surface area (TPSA) is 71.1 Å². The molecule has 0 aromatic heterocycles. The first kappa shape index (κ1) is 56.6. The lowest BCUT2D eigenvalue weighted by atomic mass is 10.4. The largest absolute Gasteiger partial charge is 0.435 e. The van der Waals surface area contributed by atoms with Crippen molar-refractivity contribution in [2.75, 3.05) is 20.4 Å². The van der Waals surface area contributed by atoms with Crippen molar-refractivity contribution < 1.29 is 28.5 Å². The second-order valence-electron chi connectivity index (χ2n) is 3.19. The molecule has 0 spiro atoms. The summed E-state index contributed by atoms with van der Waals surface area (Å²) >= 11 is 0. The summed E-state index contributed by atoms with van der Waals surface area (Å²) in [7, 11) is 0. The predicted molar refractivity (Wildman–Crippen MR) is 112 cm³/mol. The highest BCUT2D eigenvalue weighted by atomic mass is 16.8. The van der Waals surface area contributed by atoms with Gasteiger partial charge in [-0.2, -0.15) is 0 Å². The van der Waals surface area contributed by atoms with Gasteiger partial charge in [0.25, 0.3) is 0 Å². The Bertz CT molecular complexity index is 281. The Hall–Kier alpha value is -1.66. The van der Waals surface area contributed by atoms with E-state index < -0.39 is 11.9 Å². The maximum Gasteiger partial charge on any atom is 0.335 e. The maximum atomic E-state index is 10.9. The van der Waals surface area contributed by atoms with Crippen LogP contribution in [0.15, 0.2) is 24.3 Å². The van der Waals surface area contributed by atoms with Crippen LogP contribution in [0.4, 0.5) is 0 Å². The SMILES string of the molecule is C.C.C.C.C.C.C.C.C=C(C)C(=O)OCOCOCOC(=O)C(=C)C. The molecule has 0 radical (unpaired) electrons. The van der Waals surface area contributed by atoms with Crippen LogP contribution in [0.3, 0.4) is 0 Å². The molecular weight excluding hydrogens is 324 g/mol. The second kappa shape index (κ2) is 33.8. The minimum Gasteiger partial charge on any atom is -0.435 e. The number of hydrogen-bond donors (Lipinski definition) is 0. The van der Waals surface area contributed by atoms with E-state index in [0.29, 0.717) is 0 Å². The van der Waals surface area contributed by atoms with Gasteiger partial charge in [-0.3, -0.25) is 0 Å². The third-order valence-corrected chi connectivity index (χ3v) is 1.41. The van der Waals surface area contributed by atoms with E-state index in [2.05, 4.69) is 22.6 Å². The van der Waals surface area contributed by atoms with Crippen molar-refractivity contribution in [3.8, 4) is 0 Å². The summed E-state index contributed by atoms with van der Waals surface area (Å²) in [6.45, 7) is 9.17. The van der Waals surface area contributed by atoms with E-state index in [1.54, 1.807) is 0 Å². The average molecular weight is 373 g/mol. The summed E-state index contributed by atoms with van der Waals surface area (Å²) in [4.78, 5) is 21.7. The van der Waals surface area contributed by atoms with Gasteiger partial charge in [0.2, 0.25) is 0 Å². The zero-order valence-electron chi connectivity index (χ0n) is 9.99. The molecule has 0 atom stereocenters. The zero-order valence-corrected chi connectivity index (χ0v) is 9.99. The highest BCUT2D eigenvalue weighted by Gasteiger charge is 2.03. The fraction of sp³-hybridized carbons (Fsp3) is 0.684. The number of ether oxygens (including phenoxy) is 4. The molecule has 0 bridgehead atoms. The third kappa shape index (κ3) is 34.6. The molecule has 0 heterocycles. The summed E-state index contributed by atoms with van der Waals surface area (Å²) in [6.07, 6.45) is 0. The van der Waals surface area contributed by atoms with Gasteiger partial charge < -0.3 is 18.9 Å². The lowest BCUT2D eigenvalue weighted by molar-refractivity contribution is -0.182. The fourth-order valence-corrected chi connectivity index (χ4v) is 0.564. The molecule has 0 aliphatic heterocycles. The Morgan fingerprint density at radius 1 is 0.600 bits per heavy atom. The average Bonchev–Trinajstić information content (AvgIpc) is 2.26. The summed E-state index contributed by atoms with van der Waals surface area (Å²) in [6, 6.07) is 0. The number of carbonyl (C=O) groups excluding carboxylic acids is 2. The monoisotopic (exact) mass is 372 g/mol.